The lowest BCUT2D eigenvalue weighted by molar-refractivity contribution is -0.135. The number of nitrogens with zero attached hydrogens (tertiary/aromatic N) is 3. The summed E-state index contributed by atoms with van der Waals surface area (Å²) in [6.07, 6.45) is 1.44. The summed E-state index contributed by atoms with van der Waals surface area (Å²) in [5, 5.41) is 7.58. The highest BCUT2D eigenvalue weighted by Gasteiger charge is 2.42. The maximum absolute atomic E-state index is 13.0. The van der Waals surface area contributed by atoms with E-state index in [9.17, 15) is 4.79 Å². The lowest BCUT2D eigenvalue weighted by atomic mass is 9.85. The van der Waals surface area contributed by atoms with E-state index in [0.29, 0.717) is 0 Å². The highest BCUT2D eigenvalue weighted by molar-refractivity contribution is 5.89. The average molecular weight is 372 g/mol. The van der Waals surface area contributed by atoms with E-state index >= 15 is 0 Å². The SMILES string of the molecule is COc1cccc(NC2(C(=O)N(C)C)CCN(Cc3cc(C)on3)CC2)c1. The number of benzene rings is 1. The second-order valence-corrected chi connectivity index (χ2v) is 7.34. The molecule has 1 fully saturated rings. The number of aryl methyl sites for hydroxylation is 1. The third-order valence-corrected chi connectivity index (χ3v) is 5.04. The first-order valence-corrected chi connectivity index (χ1v) is 9.20. The van der Waals surface area contributed by atoms with Crippen LogP contribution in [0.3, 0.4) is 0 Å². The van der Waals surface area contributed by atoms with Gasteiger partial charge in [-0.15, -0.1) is 0 Å². The smallest absolute Gasteiger partial charge is 0.247 e. The number of piperidine rings is 1. The van der Waals surface area contributed by atoms with Crippen molar-refractivity contribution < 1.29 is 14.1 Å². The van der Waals surface area contributed by atoms with Gasteiger partial charge in [-0.25, -0.2) is 0 Å². The van der Waals surface area contributed by atoms with Gasteiger partial charge in [0.25, 0.3) is 0 Å². The van der Waals surface area contributed by atoms with Crippen molar-refractivity contribution >= 4 is 11.6 Å². The standard InChI is InChI=1S/C20H28N4O3/c1-15-12-17(22-27-15)14-24-10-8-20(9-11-24,19(25)23(2)3)21-16-6-5-7-18(13-16)26-4/h5-7,12-13,21H,8-11,14H2,1-4H3. The first-order chi connectivity index (χ1) is 12.9. The second-order valence-electron chi connectivity index (χ2n) is 7.34. The zero-order valence-corrected chi connectivity index (χ0v) is 16.5. The number of ether oxygens (including phenoxy) is 1. The molecule has 0 bridgehead atoms. The highest BCUT2D eigenvalue weighted by Crippen LogP contribution is 2.30. The molecule has 2 heterocycles. The number of carbonyl (C=O) groups is 1. The van der Waals surface area contributed by atoms with Crippen molar-refractivity contribution in [2.75, 3.05) is 39.6 Å². The number of anilines is 1. The van der Waals surface area contributed by atoms with Crippen LogP contribution in [0.1, 0.15) is 24.3 Å². The summed E-state index contributed by atoms with van der Waals surface area (Å²) in [6.45, 7) is 4.25. The third kappa shape index (κ3) is 4.42. The summed E-state index contributed by atoms with van der Waals surface area (Å²) < 4.78 is 10.5. The lowest BCUT2D eigenvalue weighted by Gasteiger charge is -2.42. The van der Waals surface area contributed by atoms with Gasteiger partial charge in [0, 0.05) is 51.5 Å². The number of methoxy groups -OCH3 is 1. The van der Waals surface area contributed by atoms with E-state index in [4.69, 9.17) is 9.26 Å². The molecular weight excluding hydrogens is 344 g/mol. The topological polar surface area (TPSA) is 70.8 Å². The molecule has 0 spiro atoms. The van der Waals surface area contributed by atoms with Crippen LogP contribution in [0.2, 0.25) is 0 Å². The van der Waals surface area contributed by atoms with E-state index in [1.165, 1.54) is 0 Å². The molecule has 3 rings (SSSR count). The summed E-state index contributed by atoms with van der Waals surface area (Å²) in [5.41, 5.74) is 1.20. The maximum atomic E-state index is 13.0. The van der Waals surface area contributed by atoms with Crippen LogP contribution in [0.4, 0.5) is 5.69 Å². The fourth-order valence-corrected chi connectivity index (χ4v) is 3.61. The Morgan fingerprint density at radius 1 is 1.33 bits per heavy atom. The summed E-state index contributed by atoms with van der Waals surface area (Å²) in [6, 6.07) is 9.68. The second kappa shape index (κ2) is 8.00. The molecule has 1 N–H and O–H groups in total. The molecule has 7 heteroatoms. The molecule has 1 aromatic carbocycles. The van der Waals surface area contributed by atoms with E-state index in [-0.39, 0.29) is 5.91 Å². The number of hydrogen-bond donors (Lipinski definition) is 1. The molecule has 0 atom stereocenters. The Kier molecular flexibility index (Phi) is 5.70. The quantitative estimate of drug-likeness (QED) is 0.840. The lowest BCUT2D eigenvalue weighted by Crippen LogP contribution is -2.57. The minimum absolute atomic E-state index is 0.0993. The van der Waals surface area contributed by atoms with E-state index in [1.807, 2.05) is 51.4 Å². The zero-order valence-electron chi connectivity index (χ0n) is 16.5. The minimum Gasteiger partial charge on any atom is -0.497 e. The Labute approximate surface area is 160 Å². The van der Waals surface area contributed by atoms with Crippen LogP contribution in [-0.2, 0) is 11.3 Å². The third-order valence-electron chi connectivity index (χ3n) is 5.04. The molecule has 7 nitrogen and oxygen atoms in total. The fraction of sp³-hybridized carbons (Fsp3) is 0.500. The first kappa shape index (κ1) is 19.2. The van der Waals surface area contributed by atoms with Gasteiger partial charge in [-0.2, -0.15) is 0 Å². The van der Waals surface area contributed by atoms with Crippen LogP contribution >= 0.6 is 0 Å². The molecular formula is C20H28N4O3. The molecule has 0 aliphatic carbocycles. The number of likely N-dealkylation sites (N-methyl/N-ethyl adjacent to an activating group) is 1. The normalized spacial score (nSPS) is 16.7. The Balaban J connectivity index is 1.73. The Morgan fingerprint density at radius 3 is 2.67 bits per heavy atom. The van der Waals surface area contributed by atoms with E-state index in [2.05, 4.69) is 15.4 Å². The summed E-state index contributed by atoms with van der Waals surface area (Å²) in [7, 11) is 5.26. The Morgan fingerprint density at radius 2 is 2.07 bits per heavy atom. The van der Waals surface area contributed by atoms with Gasteiger partial charge in [-0.05, 0) is 31.9 Å². The van der Waals surface area contributed by atoms with Gasteiger partial charge in [0.1, 0.15) is 17.0 Å². The summed E-state index contributed by atoms with van der Waals surface area (Å²) in [4.78, 5) is 17.0. The number of likely N-dealkylation sites (tertiary alicyclic amines) is 1. The van der Waals surface area contributed by atoms with Gasteiger partial charge < -0.3 is 19.5 Å². The molecule has 27 heavy (non-hydrogen) atoms. The average Bonchev–Trinajstić information content (AvgIpc) is 3.07. The van der Waals surface area contributed by atoms with Crippen molar-refractivity contribution in [1.82, 2.24) is 15.0 Å². The predicted molar refractivity (Wildman–Crippen MR) is 104 cm³/mol. The minimum atomic E-state index is -0.619. The van der Waals surface area contributed by atoms with Gasteiger partial charge >= 0.3 is 0 Å². The molecule has 0 unspecified atom stereocenters. The zero-order chi connectivity index (χ0) is 19.4. The van der Waals surface area contributed by atoms with Crippen molar-refractivity contribution in [2.45, 2.75) is 31.8 Å². The number of amides is 1. The van der Waals surface area contributed by atoms with Gasteiger partial charge in [0.2, 0.25) is 5.91 Å². The molecule has 0 radical (unpaired) electrons. The van der Waals surface area contributed by atoms with Crippen LogP contribution in [0, 0.1) is 6.92 Å². The van der Waals surface area contributed by atoms with Gasteiger partial charge in [0.15, 0.2) is 0 Å². The Hall–Kier alpha value is -2.54. The Bertz CT molecular complexity index is 779. The van der Waals surface area contributed by atoms with E-state index < -0.39 is 5.54 Å². The number of carbonyl (C=O) groups excluding carboxylic acids is 1. The maximum Gasteiger partial charge on any atom is 0.247 e. The van der Waals surface area contributed by atoms with Gasteiger partial charge in [-0.3, -0.25) is 9.69 Å². The van der Waals surface area contributed by atoms with Crippen molar-refractivity contribution in [2.24, 2.45) is 0 Å². The molecule has 1 aromatic heterocycles. The molecule has 1 aliphatic rings. The van der Waals surface area contributed by atoms with Crippen molar-refractivity contribution in [3.63, 3.8) is 0 Å². The van der Waals surface area contributed by atoms with Crippen LogP contribution in [-0.4, -0.2) is 60.7 Å². The predicted octanol–water partition coefficient (Wildman–Crippen LogP) is 2.53. The number of nitrogens with one attached hydrogen (secondary N) is 1. The summed E-state index contributed by atoms with van der Waals surface area (Å²) in [5.74, 6) is 1.69. The van der Waals surface area contributed by atoms with Crippen LogP contribution < -0.4 is 10.1 Å². The number of rotatable bonds is 6. The highest BCUT2D eigenvalue weighted by atomic mass is 16.5. The molecule has 1 aliphatic heterocycles. The van der Waals surface area contributed by atoms with Crippen LogP contribution in [0.5, 0.6) is 5.75 Å². The van der Waals surface area contributed by atoms with Crippen molar-refractivity contribution in [3.05, 3.63) is 41.8 Å². The first-order valence-electron chi connectivity index (χ1n) is 9.20. The molecule has 1 amide bonds. The molecule has 1 saturated heterocycles. The molecule has 0 saturated carbocycles. The van der Waals surface area contributed by atoms with Crippen molar-refractivity contribution in [1.29, 1.82) is 0 Å². The van der Waals surface area contributed by atoms with Crippen LogP contribution in [0.25, 0.3) is 0 Å². The van der Waals surface area contributed by atoms with E-state index in [0.717, 1.165) is 55.4 Å². The van der Waals surface area contributed by atoms with Crippen molar-refractivity contribution in [3.8, 4) is 5.75 Å². The van der Waals surface area contributed by atoms with Gasteiger partial charge in [-0.1, -0.05) is 11.2 Å². The number of hydrogen-bond acceptors (Lipinski definition) is 6. The monoisotopic (exact) mass is 372 g/mol. The summed E-state index contributed by atoms with van der Waals surface area (Å²) >= 11 is 0. The molecule has 2 aromatic rings. The fourth-order valence-electron chi connectivity index (χ4n) is 3.61. The molecule has 146 valence electrons. The van der Waals surface area contributed by atoms with Gasteiger partial charge in [0.05, 0.1) is 12.8 Å². The van der Waals surface area contributed by atoms with Crippen LogP contribution in [0.15, 0.2) is 34.9 Å². The number of aromatic nitrogens is 1. The largest absolute Gasteiger partial charge is 0.497 e. The van der Waals surface area contributed by atoms with E-state index in [1.54, 1.807) is 12.0 Å².